The van der Waals surface area contributed by atoms with Crippen molar-refractivity contribution in [1.29, 1.82) is 10.5 Å². The van der Waals surface area contributed by atoms with E-state index in [-0.39, 0.29) is 6.61 Å². The molecule has 0 bridgehead atoms. The highest BCUT2D eigenvalue weighted by Gasteiger charge is 2.16. The first-order valence-electron chi connectivity index (χ1n) is 4.02. The van der Waals surface area contributed by atoms with E-state index in [1.54, 1.807) is 13.0 Å². The van der Waals surface area contributed by atoms with Gasteiger partial charge < -0.3 is 14.9 Å². The molecule has 7 heteroatoms. The van der Waals surface area contributed by atoms with Crippen LogP contribution in [0.5, 0.6) is 0 Å². The monoisotopic (exact) mass is 210 g/mol. The highest BCUT2D eigenvalue weighted by Crippen LogP contribution is 1.87. The first kappa shape index (κ1) is 12.9. The summed E-state index contributed by atoms with van der Waals surface area (Å²) in [4.78, 5) is 15.5. The van der Waals surface area contributed by atoms with Gasteiger partial charge in [-0.05, 0) is 6.92 Å². The van der Waals surface area contributed by atoms with Crippen LogP contribution in [0.15, 0.2) is 5.16 Å². The van der Waals surface area contributed by atoms with Crippen molar-refractivity contribution in [2.75, 3.05) is 13.7 Å². The summed E-state index contributed by atoms with van der Waals surface area (Å²) >= 11 is 0. The van der Waals surface area contributed by atoms with Gasteiger partial charge in [-0.25, -0.2) is 0 Å². The Bertz CT molecular complexity index is 326. The van der Waals surface area contributed by atoms with Crippen LogP contribution >= 0.6 is 0 Å². The van der Waals surface area contributed by atoms with Gasteiger partial charge in [0.15, 0.2) is 0 Å². The molecule has 0 aliphatic carbocycles. The standard InChI is InChI=1S/C8H10N4O3/c1-3-15-7(5-10)11-8(13)6(4-9)12-14-2/h7H,3H2,1-2H3,(H,11,13). The molecule has 0 aromatic heterocycles. The Kier molecular flexibility index (Phi) is 6.27. The van der Waals surface area contributed by atoms with Crippen molar-refractivity contribution < 1.29 is 14.4 Å². The van der Waals surface area contributed by atoms with Gasteiger partial charge in [0.2, 0.25) is 11.9 Å². The van der Waals surface area contributed by atoms with Gasteiger partial charge in [-0.3, -0.25) is 4.79 Å². The van der Waals surface area contributed by atoms with E-state index < -0.39 is 17.8 Å². The first-order chi connectivity index (χ1) is 7.19. The molecule has 0 aromatic carbocycles. The average Bonchev–Trinajstić information content (AvgIpc) is 2.24. The predicted octanol–water partition coefficient (Wildman–Crippen LogP) is -0.485. The lowest BCUT2D eigenvalue weighted by molar-refractivity contribution is -0.117. The molecule has 7 nitrogen and oxygen atoms in total. The van der Waals surface area contributed by atoms with E-state index >= 15 is 0 Å². The van der Waals surface area contributed by atoms with Crippen molar-refractivity contribution in [1.82, 2.24) is 5.32 Å². The summed E-state index contributed by atoms with van der Waals surface area (Å²) in [5.74, 6) is -0.820. The summed E-state index contributed by atoms with van der Waals surface area (Å²) in [7, 11) is 1.20. The lowest BCUT2D eigenvalue weighted by Crippen LogP contribution is -2.39. The highest BCUT2D eigenvalue weighted by atomic mass is 16.6. The summed E-state index contributed by atoms with van der Waals surface area (Å²) in [6, 6.07) is 3.22. The number of nitrogens with one attached hydrogen (secondary N) is 1. The van der Waals surface area contributed by atoms with Crippen molar-refractivity contribution in [3.05, 3.63) is 0 Å². The Hall–Kier alpha value is -2.12. The summed E-state index contributed by atoms with van der Waals surface area (Å²) in [6.07, 6.45) is -1.10. The molecule has 0 aliphatic rings. The van der Waals surface area contributed by atoms with Crippen molar-refractivity contribution in [2.24, 2.45) is 5.16 Å². The fourth-order valence-electron chi connectivity index (χ4n) is 0.669. The van der Waals surface area contributed by atoms with E-state index in [9.17, 15) is 4.79 Å². The summed E-state index contributed by atoms with van der Waals surface area (Å²) < 4.78 is 4.84. The van der Waals surface area contributed by atoms with Gasteiger partial charge in [0, 0.05) is 6.61 Å². The Labute approximate surface area is 86.9 Å². The maximum Gasteiger partial charge on any atom is 0.287 e. The number of nitriles is 2. The number of oxime groups is 1. The van der Waals surface area contributed by atoms with Crippen molar-refractivity contribution in [3.63, 3.8) is 0 Å². The quantitative estimate of drug-likeness (QED) is 0.374. The zero-order valence-electron chi connectivity index (χ0n) is 8.35. The van der Waals surface area contributed by atoms with Crippen LogP contribution in [0.25, 0.3) is 0 Å². The third kappa shape index (κ3) is 4.60. The van der Waals surface area contributed by atoms with Gasteiger partial charge in [-0.15, -0.1) is 0 Å². The summed E-state index contributed by atoms with van der Waals surface area (Å²) in [5.41, 5.74) is -0.475. The minimum absolute atomic E-state index is 0.266. The van der Waals surface area contributed by atoms with Crippen LogP contribution in [0.3, 0.4) is 0 Å². The number of rotatable bonds is 5. The fraction of sp³-hybridized carbons (Fsp3) is 0.500. The molecule has 1 amide bonds. The van der Waals surface area contributed by atoms with Crippen LogP contribution in [0.4, 0.5) is 0 Å². The van der Waals surface area contributed by atoms with Gasteiger partial charge in [-0.1, -0.05) is 5.16 Å². The number of amides is 1. The molecular formula is C8H10N4O3. The third-order valence-electron chi connectivity index (χ3n) is 1.22. The van der Waals surface area contributed by atoms with Crippen molar-refractivity contribution in [2.45, 2.75) is 13.2 Å². The molecule has 1 atom stereocenters. The van der Waals surface area contributed by atoms with E-state index in [1.807, 2.05) is 0 Å². The maximum absolute atomic E-state index is 11.2. The fourth-order valence-corrected chi connectivity index (χ4v) is 0.669. The minimum atomic E-state index is -1.10. The molecule has 0 radical (unpaired) electrons. The molecule has 0 spiro atoms. The Morgan fingerprint density at radius 3 is 2.67 bits per heavy atom. The molecule has 0 aliphatic heterocycles. The molecule has 0 fully saturated rings. The molecule has 80 valence electrons. The van der Waals surface area contributed by atoms with Gasteiger partial charge in [0.05, 0.1) is 0 Å². The van der Waals surface area contributed by atoms with Gasteiger partial charge in [-0.2, -0.15) is 10.5 Å². The van der Waals surface area contributed by atoms with Gasteiger partial charge in [0.25, 0.3) is 5.91 Å². The molecule has 0 aromatic rings. The molecule has 0 saturated carbocycles. The van der Waals surface area contributed by atoms with Crippen LogP contribution in [0.2, 0.25) is 0 Å². The van der Waals surface area contributed by atoms with Gasteiger partial charge in [0.1, 0.15) is 19.2 Å². The lowest BCUT2D eigenvalue weighted by atomic mass is 10.4. The molecule has 0 heterocycles. The second-order valence-electron chi connectivity index (χ2n) is 2.17. The third-order valence-corrected chi connectivity index (χ3v) is 1.22. The number of nitrogens with zero attached hydrogens (tertiary/aromatic N) is 3. The number of hydrogen-bond donors (Lipinski definition) is 1. The Morgan fingerprint density at radius 1 is 1.60 bits per heavy atom. The zero-order chi connectivity index (χ0) is 11.7. The van der Waals surface area contributed by atoms with Crippen LogP contribution < -0.4 is 5.32 Å². The minimum Gasteiger partial charge on any atom is -0.398 e. The Morgan fingerprint density at radius 2 is 2.27 bits per heavy atom. The zero-order valence-corrected chi connectivity index (χ0v) is 8.35. The molecule has 0 saturated heterocycles. The van der Waals surface area contributed by atoms with E-state index in [2.05, 4.69) is 15.3 Å². The van der Waals surface area contributed by atoms with E-state index in [4.69, 9.17) is 15.3 Å². The molecular weight excluding hydrogens is 200 g/mol. The highest BCUT2D eigenvalue weighted by molar-refractivity contribution is 6.45. The number of ether oxygens (including phenoxy) is 1. The van der Waals surface area contributed by atoms with E-state index in [0.717, 1.165) is 0 Å². The lowest BCUT2D eigenvalue weighted by Gasteiger charge is -2.09. The topological polar surface area (TPSA) is 108 Å². The van der Waals surface area contributed by atoms with E-state index in [0.29, 0.717) is 0 Å². The number of carbonyl (C=O) groups excluding carboxylic acids is 1. The normalized spacial score (nSPS) is 12.1. The molecule has 1 N–H and O–H groups in total. The average molecular weight is 210 g/mol. The molecule has 15 heavy (non-hydrogen) atoms. The first-order valence-corrected chi connectivity index (χ1v) is 4.02. The molecule has 0 rings (SSSR count). The van der Waals surface area contributed by atoms with Crippen molar-refractivity contribution >= 4 is 11.6 Å². The number of hydrogen-bond acceptors (Lipinski definition) is 6. The van der Waals surface area contributed by atoms with Crippen molar-refractivity contribution in [3.8, 4) is 12.1 Å². The number of carbonyl (C=O) groups is 1. The van der Waals surface area contributed by atoms with Crippen LogP contribution in [-0.4, -0.2) is 31.6 Å². The summed E-state index contributed by atoms with van der Waals surface area (Å²) in [6.45, 7) is 1.94. The predicted molar refractivity (Wildman–Crippen MR) is 49.2 cm³/mol. The largest absolute Gasteiger partial charge is 0.398 e. The van der Waals surface area contributed by atoms with Crippen LogP contribution in [-0.2, 0) is 14.4 Å². The second-order valence-corrected chi connectivity index (χ2v) is 2.17. The van der Waals surface area contributed by atoms with Gasteiger partial charge >= 0.3 is 0 Å². The SMILES string of the molecule is CCOC(C#N)NC(=O)C(C#N)=NOC. The second kappa shape index (κ2) is 7.30. The smallest absolute Gasteiger partial charge is 0.287 e. The van der Waals surface area contributed by atoms with E-state index in [1.165, 1.54) is 13.2 Å². The Balaban J connectivity index is 4.42. The maximum atomic E-state index is 11.2. The van der Waals surface area contributed by atoms with Crippen LogP contribution in [0.1, 0.15) is 6.92 Å². The summed E-state index contributed by atoms with van der Waals surface area (Å²) in [5, 5.41) is 22.4. The van der Waals surface area contributed by atoms with Crippen LogP contribution in [0, 0.1) is 22.7 Å². The molecule has 1 unspecified atom stereocenters.